The summed E-state index contributed by atoms with van der Waals surface area (Å²) < 4.78 is 0. The Kier molecular flexibility index (Phi) is 4.74. The smallest absolute Gasteiger partial charge is 0.227 e. The number of nitrogens with one attached hydrogen (secondary N) is 1. The van der Waals surface area contributed by atoms with Gasteiger partial charge in [-0.3, -0.25) is 9.59 Å². The first-order chi connectivity index (χ1) is 9.56. The summed E-state index contributed by atoms with van der Waals surface area (Å²) >= 11 is 0. The number of carbonyl (C=O) groups excluding carboxylic acids is 2. The Morgan fingerprint density at radius 1 is 1.50 bits per heavy atom. The molecule has 0 bridgehead atoms. The minimum atomic E-state index is -0.477. The van der Waals surface area contributed by atoms with Gasteiger partial charge in [0, 0.05) is 30.8 Å². The number of hydrogen-bond acceptors (Lipinski definition) is 3. The fourth-order valence-electron chi connectivity index (χ4n) is 2.24. The van der Waals surface area contributed by atoms with Crippen molar-refractivity contribution in [3.05, 3.63) is 24.3 Å². The van der Waals surface area contributed by atoms with Crippen molar-refractivity contribution in [3.63, 3.8) is 0 Å². The Morgan fingerprint density at radius 2 is 2.30 bits per heavy atom. The Labute approximate surface area is 118 Å². The maximum atomic E-state index is 11.7. The molecule has 108 valence electrons. The average molecular weight is 276 g/mol. The molecular weight excluding hydrogens is 256 g/mol. The first-order valence-corrected chi connectivity index (χ1v) is 6.94. The van der Waals surface area contributed by atoms with E-state index in [2.05, 4.69) is 5.32 Å². The van der Waals surface area contributed by atoms with Crippen LogP contribution in [0.5, 0.6) is 0 Å². The Morgan fingerprint density at radius 3 is 2.95 bits per heavy atom. The van der Waals surface area contributed by atoms with E-state index in [0.29, 0.717) is 18.5 Å². The van der Waals surface area contributed by atoms with Gasteiger partial charge in [0.05, 0.1) is 6.10 Å². The summed E-state index contributed by atoms with van der Waals surface area (Å²) in [6.45, 7) is 2.39. The molecule has 1 aromatic rings. The minimum Gasteiger partial charge on any atom is -0.393 e. The zero-order valence-electron chi connectivity index (χ0n) is 11.6. The largest absolute Gasteiger partial charge is 0.393 e. The number of nitrogens with zero attached hydrogens (tertiary/aromatic N) is 1. The van der Waals surface area contributed by atoms with Crippen molar-refractivity contribution in [2.75, 3.05) is 16.8 Å². The second kappa shape index (κ2) is 6.52. The topological polar surface area (TPSA) is 69.6 Å². The van der Waals surface area contributed by atoms with Crippen molar-refractivity contribution in [1.82, 2.24) is 0 Å². The zero-order chi connectivity index (χ0) is 14.5. The van der Waals surface area contributed by atoms with E-state index in [1.807, 2.05) is 18.2 Å². The van der Waals surface area contributed by atoms with Gasteiger partial charge < -0.3 is 15.3 Å². The average Bonchev–Trinajstić information content (AvgIpc) is 2.83. The number of aliphatic hydroxyl groups is 1. The highest BCUT2D eigenvalue weighted by atomic mass is 16.3. The normalized spacial score (nSPS) is 16.3. The van der Waals surface area contributed by atoms with Gasteiger partial charge in [-0.2, -0.15) is 0 Å². The van der Waals surface area contributed by atoms with E-state index < -0.39 is 6.10 Å². The van der Waals surface area contributed by atoms with Gasteiger partial charge in [-0.25, -0.2) is 0 Å². The van der Waals surface area contributed by atoms with Gasteiger partial charge in [-0.15, -0.1) is 0 Å². The maximum absolute atomic E-state index is 11.7. The Bertz CT molecular complexity index is 500. The monoisotopic (exact) mass is 276 g/mol. The second-order valence-electron chi connectivity index (χ2n) is 5.14. The van der Waals surface area contributed by atoms with Crippen LogP contribution in [0.3, 0.4) is 0 Å². The van der Waals surface area contributed by atoms with Crippen LogP contribution in [0, 0.1) is 0 Å². The number of benzene rings is 1. The minimum absolute atomic E-state index is 0.127. The van der Waals surface area contributed by atoms with Crippen molar-refractivity contribution in [2.45, 2.75) is 38.7 Å². The van der Waals surface area contributed by atoms with Gasteiger partial charge in [-0.05, 0) is 38.0 Å². The van der Waals surface area contributed by atoms with Crippen LogP contribution in [0.1, 0.15) is 32.6 Å². The lowest BCUT2D eigenvalue weighted by Gasteiger charge is -2.16. The highest BCUT2D eigenvalue weighted by Gasteiger charge is 2.21. The highest BCUT2D eigenvalue weighted by molar-refractivity contribution is 5.97. The van der Waals surface area contributed by atoms with Crippen molar-refractivity contribution in [1.29, 1.82) is 0 Å². The molecule has 0 aliphatic carbocycles. The molecule has 5 nitrogen and oxygen atoms in total. The number of aliphatic hydroxyl groups excluding tert-OH is 1. The zero-order valence-corrected chi connectivity index (χ0v) is 11.6. The quantitative estimate of drug-likeness (QED) is 0.863. The fourth-order valence-corrected chi connectivity index (χ4v) is 2.24. The molecule has 2 amide bonds. The summed E-state index contributed by atoms with van der Waals surface area (Å²) in [4.78, 5) is 25.1. The summed E-state index contributed by atoms with van der Waals surface area (Å²) in [6.07, 6.45) is 1.71. The fraction of sp³-hybridized carbons (Fsp3) is 0.467. The van der Waals surface area contributed by atoms with E-state index in [4.69, 9.17) is 5.11 Å². The molecule has 1 aromatic carbocycles. The molecular formula is C15H20N2O3. The molecule has 2 rings (SSSR count). The van der Waals surface area contributed by atoms with Crippen LogP contribution in [0.15, 0.2) is 24.3 Å². The van der Waals surface area contributed by atoms with Crippen LogP contribution in [-0.4, -0.2) is 29.6 Å². The molecule has 1 fully saturated rings. The molecule has 1 aliphatic heterocycles. The van der Waals surface area contributed by atoms with Gasteiger partial charge in [0.25, 0.3) is 0 Å². The molecule has 0 saturated carbocycles. The highest BCUT2D eigenvalue weighted by Crippen LogP contribution is 2.24. The summed E-state index contributed by atoms with van der Waals surface area (Å²) in [5, 5.41) is 11.9. The van der Waals surface area contributed by atoms with Crippen LogP contribution in [0.2, 0.25) is 0 Å². The van der Waals surface area contributed by atoms with E-state index in [-0.39, 0.29) is 18.2 Å². The Hall–Kier alpha value is -1.88. The molecule has 0 spiro atoms. The van der Waals surface area contributed by atoms with Gasteiger partial charge in [0.1, 0.15) is 0 Å². The molecule has 1 atom stereocenters. The number of hydrogen-bond donors (Lipinski definition) is 2. The van der Waals surface area contributed by atoms with Crippen molar-refractivity contribution < 1.29 is 14.7 Å². The van der Waals surface area contributed by atoms with E-state index in [0.717, 1.165) is 18.7 Å². The van der Waals surface area contributed by atoms with Crippen molar-refractivity contribution >= 4 is 23.2 Å². The summed E-state index contributed by atoms with van der Waals surface area (Å²) in [6, 6.07) is 7.30. The molecule has 1 heterocycles. The standard InChI is InChI=1S/C15H20N2O3/c1-11(18)7-8-14(19)16-12-4-2-5-13(10-12)17-9-3-6-15(17)20/h2,4-5,10-11,18H,3,6-9H2,1H3,(H,16,19). The third-order valence-electron chi connectivity index (χ3n) is 3.30. The van der Waals surface area contributed by atoms with Crippen LogP contribution in [0.25, 0.3) is 0 Å². The predicted octanol–water partition coefficient (Wildman–Crippen LogP) is 1.91. The number of amides is 2. The van der Waals surface area contributed by atoms with Crippen molar-refractivity contribution in [3.8, 4) is 0 Å². The first-order valence-electron chi connectivity index (χ1n) is 6.94. The molecule has 2 N–H and O–H groups in total. The molecule has 1 aliphatic rings. The van der Waals surface area contributed by atoms with E-state index in [9.17, 15) is 9.59 Å². The summed E-state index contributed by atoms with van der Waals surface area (Å²) in [5.74, 6) is -0.00150. The molecule has 1 saturated heterocycles. The lowest BCUT2D eigenvalue weighted by atomic mass is 10.2. The number of anilines is 2. The van der Waals surface area contributed by atoms with Gasteiger partial charge >= 0.3 is 0 Å². The predicted molar refractivity (Wildman–Crippen MR) is 77.6 cm³/mol. The molecule has 0 aromatic heterocycles. The second-order valence-corrected chi connectivity index (χ2v) is 5.14. The third-order valence-corrected chi connectivity index (χ3v) is 3.30. The van der Waals surface area contributed by atoms with Crippen LogP contribution in [-0.2, 0) is 9.59 Å². The maximum Gasteiger partial charge on any atom is 0.227 e. The van der Waals surface area contributed by atoms with Gasteiger partial charge in [0.2, 0.25) is 11.8 Å². The van der Waals surface area contributed by atoms with Gasteiger partial charge in [0.15, 0.2) is 0 Å². The van der Waals surface area contributed by atoms with Crippen LogP contribution in [0.4, 0.5) is 11.4 Å². The van der Waals surface area contributed by atoms with E-state index in [1.165, 1.54) is 0 Å². The van der Waals surface area contributed by atoms with E-state index in [1.54, 1.807) is 17.9 Å². The molecule has 0 radical (unpaired) electrons. The van der Waals surface area contributed by atoms with Crippen molar-refractivity contribution in [2.24, 2.45) is 0 Å². The lowest BCUT2D eigenvalue weighted by Crippen LogP contribution is -2.23. The first kappa shape index (κ1) is 14.5. The number of rotatable bonds is 5. The molecule has 1 unspecified atom stereocenters. The third kappa shape index (κ3) is 3.81. The van der Waals surface area contributed by atoms with Gasteiger partial charge in [-0.1, -0.05) is 6.07 Å². The van der Waals surface area contributed by atoms with Crippen LogP contribution >= 0.6 is 0 Å². The lowest BCUT2D eigenvalue weighted by molar-refractivity contribution is -0.117. The summed E-state index contributed by atoms with van der Waals surface area (Å²) in [5.41, 5.74) is 1.50. The van der Waals surface area contributed by atoms with E-state index >= 15 is 0 Å². The number of carbonyl (C=O) groups is 2. The molecule has 20 heavy (non-hydrogen) atoms. The Balaban J connectivity index is 1.99. The summed E-state index contributed by atoms with van der Waals surface area (Å²) in [7, 11) is 0. The molecule has 5 heteroatoms. The SMILES string of the molecule is CC(O)CCC(=O)Nc1cccc(N2CCCC2=O)c1. The van der Waals surface area contributed by atoms with Crippen LogP contribution < -0.4 is 10.2 Å².